The first kappa shape index (κ1) is 7.91. The highest BCUT2D eigenvalue weighted by molar-refractivity contribution is 5.82. The van der Waals surface area contributed by atoms with Crippen LogP contribution >= 0.6 is 0 Å². The van der Waals surface area contributed by atoms with E-state index in [9.17, 15) is 4.79 Å². The third kappa shape index (κ3) is 1.40. The molecule has 0 aliphatic rings. The lowest BCUT2D eigenvalue weighted by molar-refractivity contribution is -0.149. The minimum Gasteiger partial charge on any atom is -0.479 e. The van der Waals surface area contributed by atoms with Gasteiger partial charge in [0.05, 0.1) is 0 Å². The summed E-state index contributed by atoms with van der Waals surface area (Å²) in [6, 6.07) is 0. The Bertz CT molecular complexity index is 140. The van der Waals surface area contributed by atoms with Crippen LogP contribution in [-0.2, 0) is 4.79 Å². The third-order valence-corrected chi connectivity index (χ3v) is 0.965. The van der Waals surface area contributed by atoms with Crippen LogP contribution in [0.2, 0.25) is 0 Å². The van der Waals surface area contributed by atoms with Gasteiger partial charge in [0, 0.05) is 0 Å². The summed E-state index contributed by atoms with van der Waals surface area (Å²) in [5, 5.41) is 17.1. The SMILES string of the molecule is C=CC(O)(C=C)C(=O)O. The highest BCUT2D eigenvalue weighted by Crippen LogP contribution is 2.05. The standard InChI is InChI=1S/C6H8O3/c1-3-6(9,4-2)5(7)8/h3-4,9H,1-2H2,(H,7,8). The van der Waals surface area contributed by atoms with E-state index in [1.54, 1.807) is 0 Å². The summed E-state index contributed by atoms with van der Waals surface area (Å²) in [5.74, 6) is -1.37. The van der Waals surface area contributed by atoms with Crippen LogP contribution in [0, 0.1) is 0 Å². The van der Waals surface area contributed by atoms with E-state index in [1.807, 2.05) is 0 Å². The molecule has 0 bridgehead atoms. The average molecular weight is 128 g/mol. The maximum absolute atomic E-state index is 10.1. The quantitative estimate of drug-likeness (QED) is 0.533. The number of aliphatic hydroxyl groups is 1. The normalized spacial score (nSPS) is 10.3. The van der Waals surface area contributed by atoms with E-state index < -0.39 is 11.6 Å². The fourth-order valence-electron chi connectivity index (χ4n) is 0.258. The largest absolute Gasteiger partial charge is 0.479 e. The summed E-state index contributed by atoms with van der Waals surface area (Å²) in [6.07, 6.45) is 1.81. The summed E-state index contributed by atoms with van der Waals surface area (Å²) in [5.41, 5.74) is -1.97. The van der Waals surface area contributed by atoms with E-state index >= 15 is 0 Å². The highest BCUT2D eigenvalue weighted by Gasteiger charge is 2.27. The zero-order valence-corrected chi connectivity index (χ0v) is 4.87. The number of carboxylic acid groups (broad SMARTS) is 1. The smallest absolute Gasteiger partial charge is 0.343 e. The molecule has 0 fully saturated rings. The molecule has 0 aromatic carbocycles. The van der Waals surface area contributed by atoms with Crippen molar-refractivity contribution in [1.82, 2.24) is 0 Å². The Morgan fingerprint density at radius 2 is 1.78 bits per heavy atom. The molecule has 0 rings (SSSR count). The zero-order chi connectivity index (χ0) is 7.49. The van der Waals surface area contributed by atoms with Crippen LogP contribution in [0.25, 0.3) is 0 Å². The molecule has 3 heteroatoms. The van der Waals surface area contributed by atoms with E-state index in [0.717, 1.165) is 12.2 Å². The van der Waals surface area contributed by atoms with Gasteiger partial charge in [-0.2, -0.15) is 0 Å². The maximum Gasteiger partial charge on any atom is 0.343 e. The van der Waals surface area contributed by atoms with Crippen LogP contribution in [0.4, 0.5) is 0 Å². The summed E-state index contributed by atoms with van der Waals surface area (Å²) >= 11 is 0. The van der Waals surface area contributed by atoms with E-state index in [4.69, 9.17) is 10.2 Å². The molecule has 50 valence electrons. The first-order valence-corrected chi connectivity index (χ1v) is 2.30. The monoisotopic (exact) mass is 128 g/mol. The van der Waals surface area contributed by atoms with Crippen molar-refractivity contribution < 1.29 is 15.0 Å². The Morgan fingerprint density at radius 3 is 1.78 bits per heavy atom. The van der Waals surface area contributed by atoms with Gasteiger partial charge in [0.25, 0.3) is 0 Å². The van der Waals surface area contributed by atoms with Crippen molar-refractivity contribution in [3.05, 3.63) is 25.3 Å². The summed E-state index contributed by atoms with van der Waals surface area (Å²) in [7, 11) is 0. The molecule has 0 heterocycles. The minimum absolute atomic E-state index is 0.905. The Hall–Kier alpha value is -1.09. The molecule has 3 nitrogen and oxygen atoms in total. The van der Waals surface area contributed by atoms with Gasteiger partial charge in [0.1, 0.15) is 0 Å². The second kappa shape index (κ2) is 2.46. The van der Waals surface area contributed by atoms with E-state index in [1.165, 1.54) is 0 Å². The van der Waals surface area contributed by atoms with Crippen LogP contribution in [0.15, 0.2) is 25.3 Å². The zero-order valence-electron chi connectivity index (χ0n) is 4.87. The molecule has 0 aliphatic carbocycles. The molecule has 0 saturated carbocycles. The van der Waals surface area contributed by atoms with Crippen LogP contribution in [0.5, 0.6) is 0 Å². The molecule has 0 aromatic rings. The highest BCUT2D eigenvalue weighted by atomic mass is 16.4. The number of carboxylic acids is 1. The number of carbonyl (C=O) groups is 1. The molecule has 0 atom stereocenters. The summed E-state index contributed by atoms with van der Waals surface area (Å²) in [6.45, 7) is 6.25. The molecule has 2 N–H and O–H groups in total. The number of rotatable bonds is 3. The lowest BCUT2D eigenvalue weighted by Crippen LogP contribution is -2.33. The van der Waals surface area contributed by atoms with Gasteiger partial charge in [-0.3, -0.25) is 0 Å². The van der Waals surface area contributed by atoms with Crippen molar-refractivity contribution in [2.24, 2.45) is 0 Å². The van der Waals surface area contributed by atoms with Crippen molar-refractivity contribution in [2.45, 2.75) is 5.60 Å². The predicted octanol–water partition coefficient (Wildman–Crippen LogP) is 0.174. The van der Waals surface area contributed by atoms with Gasteiger partial charge >= 0.3 is 5.97 Å². The third-order valence-electron chi connectivity index (χ3n) is 0.965. The molecule has 0 aromatic heterocycles. The van der Waals surface area contributed by atoms with Gasteiger partial charge in [-0.15, -0.1) is 0 Å². The minimum atomic E-state index is -1.97. The topological polar surface area (TPSA) is 57.5 Å². The molecule has 0 radical (unpaired) electrons. The molecule has 0 amide bonds. The number of hydrogen-bond acceptors (Lipinski definition) is 2. The van der Waals surface area contributed by atoms with Gasteiger partial charge in [-0.1, -0.05) is 13.2 Å². The van der Waals surface area contributed by atoms with Crippen molar-refractivity contribution in [3.63, 3.8) is 0 Å². The second-order valence-corrected chi connectivity index (χ2v) is 1.54. The fourth-order valence-corrected chi connectivity index (χ4v) is 0.258. The Labute approximate surface area is 52.9 Å². The lowest BCUT2D eigenvalue weighted by Gasteiger charge is -2.11. The van der Waals surface area contributed by atoms with Gasteiger partial charge < -0.3 is 10.2 Å². The lowest BCUT2D eigenvalue weighted by atomic mass is 10.1. The molecule has 0 aliphatic heterocycles. The Balaban J connectivity index is 4.46. The Morgan fingerprint density at radius 1 is 1.44 bits per heavy atom. The molecular formula is C6H8O3. The van der Waals surface area contributed by atoms with Crippen molar-refractivity contribution >= 4 is 5.97 Å². The molecule has 0 spiro atoms. The van der Waals surface area contributed by atoms with Crippen molar-refractivity contribution in [3.8, 4) is 0 Å². The average Bonchev–Trinajstić information content (AvgIpc) is 1.86. The summed E-state index contributed by atoms with van der Waals surface area (Å²) in [4.78, 5) is 10.1. The number of hydrogen-bond donors (Lipinski definition) is 2. The van der Waals surface area contributed by atoms with Crippen molar-refractivity contribution in [1.29, 1.82) is 0 Å². The molecular weight excluding hydrogens is 120 g/mol. The van der Waals surface area contributed by atoms with Gasteiger partial charge in [-0.05, 0) is 12.2 Å². The fraction of sp³-hybridized carbons (Fsp3) is 0.167. The molecule has 9 heavy (non-hydrogen) atoms. The van der Waals surface area contributed by atoms with Crippen LogP contribution in [0.1, 0.15) is 0 Å². The maximum atomic E-state index is 10.1. The van der Waals surface area contributed by atoms with E-state index in [2.05, 4.69) is 13.2 Å². The van der Waals surface area contributed by atoms with Crippen LogP contribution in [0.3, 0.4) is 0 Å². The second-order valence-electron chi connectivity index (χ2n) is 1.54. The van der Waals surface area contributed by atoms with E-state index in [-0.39, 0.29) is 0 Å². The number of aliphatic carboxylic acids is 1. The first-order valence-electron chi connectivity index (χ1n) is 2.30. The van der Waals surface area contributed by atoms with Crippen LogP contribution < -0.4 is 0 Å². The van der Waals surface area contributed by atoms with Gasteiger partial charge in [0.2, 0.25) is 0 Å². The first-order chi connectivity index (χ1) is 4.06. The predicted molar refractivity (Wildman–Crippen MR) is 33.0 cm³/mol. The Kier molecular flexibility index (Phi) is 2.16. The van der Waals surface area contributed by atoms with Gasteiger partial charge in [0.15, 0.2) is 5.60 Å². The van der Waals surface area contributed by atoms with Crippen molar-refractivity contribution in [2.75, 3.05) is 0 Å². The molecule has 0 unspecified atom stereocenters. The van der Waals surface area contributed by atoms with Gasteiger partial charge in [-0.25, -0.2) is 4.79 Å². The van der Waals surface area contributed by atoms with Crippen LogP contribution in [-0.4, -0.2) is 21.8 Å². The molecule has 0 saturated heterocycles. The van der Waals surface area contributed by atoms with E-state index in [0.29, 0.717) is 0 Å². The summed E-state index contributed by atoms with van der Waals surface area (Å²) < 4.78 is 0.